The summed E-state index contributed by atoms with van der Waals surface area (Å²) in [4.78, 5) is 12.4. The van der Waals surface area contributed by atoms with Crippen LogP contribution in [0.5, 0.6) is 11.5 Å². The average molecular weight is 433 g/mol. The maximum Gasteiger partial charge on any atom is 0.244 e. The molecule has 168 valence electrons. The van der Waals surface area contributed by atoms with Crippen LogP contribution in [0.25, 0.3) is 10.8 Å². The monoisotopic (exact) mass is 432 g/mol. The molecule has 0 atom stereocenters. The number of nitrogens with zero attached hydrogens (tertiary/aromatic N) is 1. The van der Waals surface area contributed by atoms with Crippen LogP contribution in [-0.4, -0.2) is 25.3 Å². The van der Waals surface area contributed by atoms with Crippen LogP contribution in [-0.2, 0) is 11.2 Å². The smallest absolute Gasteiger partial charge is 0.244 e. The number of hydrogen-bond donors (Lipinski definition) is 1. The largest absolute Gasteiger partial charge is 0.490 e. The second kappa shape index (κ2) is 12.5. The highest BCUT2D eigenvalue weighted by Crippen LogP contribution is 2.28. The summed E-state index contributed by atoms with van der Waals surface area (Å²) in [5.41, 5.74) is 4.43. The summed E-state index contributed by atoms with van der Waals surface area (Å²) in [5.74, 6) is 1.27. The van der Waals surface area contributed by atoms with Crippen LogP contribution in [0.3, 0.4) is 0 Å². The quantitative estimate of drug-likeness (QED) is 0.220. The first-order valence-electron chi connectivity index (χ1n) is 11.4. The molecule has 3 aromatic rings. The molecule has 0 aliphatic heterocycles. The van der Waals surface area contributed by atoms with Crippen molar-refractivity contribution < 1.29 is 14.3 Å². The molecule has 0 saturated heterocycles. The number of carbonyl (C=O) groups excluding carboxylic acids is 1. The Hall–Kier alpha value is -3.34. The molecule has 0 unspecified atom stereocenters. The molecule has 32 heavy (non-hydrogen) atoms. The van der Waals surface area contributed by atoms with Crippen molar-refractivity contribution in [3.8, 4) is 11.5 Å². The summed E-state index contributed by atoms with van der Waals surface area (Å²) in [7, 11) is 0. The molecule has 5 heteroatoms. The van der Waals surface area contributed by atoms with Gasteiger partial charge in [0.15, 0.2) is 11.5 Å². The molecule has 3 aromatic carbocycles. The molecule has 0 bridgehead atoms. The molecular weight excluding hydrogens is 400 g/mol. The van der Waals surface area contributed by atoms with Gasteiger partial charge in [-0.1, -0.05) is 68.7 Å². The summed E-state index contributed by atoms with van der Waals surface area (Å²) in [6.45, 7) is 5.37. The third-order valence-electron chi connectivity index (χ3n) is 5.16. The van der Waals surface area contributed by atoms with Crippen molar-refractivity contribution in [2.24, 2.45) is 5.10 Å². The van der Waals surface area contributed by atoms with E-state index >= 15 is 0 Å². The van der Waals surface area contributed by atoms with Gasteiger partial charge in [0, 0.05) is 0 Å². The molecule has 5 nitrogen and oxygen atoms in total. The van der Waals surface area contributed by atoms with E-state index in [-0.39, 0.29) is 12.3 Å². The van der Waals surface area contributed by atoms with E-state index in [0.717, 1.165) is 34.1 Å². The van der Waals surface area contributed by atoms with Crippen LogP contribution < -0.4 is 14.9 Å². The van der Waals surface area contributed by atoms with Gasteiger partial charge >= 0.3 is 0 Å². The van der Waals surface area contributed by atoms with Crippen molar-refractivity contribution in [3.63, 3.8) is 0 Å². The zero-order valence-corrected chi connectivity index (χ0v) is 19.0. The predicted molar refractivity (Wildman–Crippen MR) is 131 cm³/mol. The highest BCUT2D eigenvalue weighted by molar-refractivity contribution is 5.90. The SMILES string of the molecule is CCCCCCOc1ccc(C=NNC(=O)Cc2cccc3ccccc23)cc1OCC. The van der Waals surface area contributed by atoms with Gasteiger partial charge in [-0.2, -0.15) is 5.10 Å². The molecule has 1 N–H and O–H groups in total. The van der Waals surface area contributed by atoms with E-state index in [2.05, 4.69) is 17.5 Å². The van der Waals surface area contributed by atoms with Gasteiger partial charge in [0.25, 0.3) is 0 Å². The number of benzene rings is 3. The van der Waals surface area contributed by atoms with Crippen LogP contribution in [0.1, 0.15) is 50.7 Å². The topological polar surface area (TPSA) is 59.9 Å². The van der Waals surface area contributed by atoms with Gasteiger partial charge < -0.3 is 9.47 Å². The van der Waals surface area contributed by atoms with E-state index < -0.39 is 0 Å². The average Bonchev–Trinajstić information content (AvgIpc) is 2.80. The lowest BCUT2D eigenvalue weighted by Crippen LogP contribution is -2.19. The van der Waals surface area contributed by atoms with Crippen molar-refractivity contribution >= 4 is 22.9 Å². The highest BCUT2D eigenvalue weighted by Gasteiger charge is 2.08. The van der Waals surface area contributed by atoms with E-state index in [9.17, 15) is 4.79 Å². The summed E-state index contributed by atoms with van der Waals surface area (Å²) in [5, 5.41) is 6.33. The molecule has 0 radical (unpaired) electrons. The van der Waals surface area contributed by atoms with Crippen LogP contribution in [0.15, 0.2) is 65.8 Å². The van der Waals surface area contributed by atoms with Crippen LogP contribution in [0, 0.1) is 0 Å². The molecule has 1 amide bonds. The number of unbranched alkanes of at least 4 members (excludes halogenated alkanes) is 3. The molecule has 0 saturated carbocycles. The number of carbonyl (C=O) groups is 1. The summed E-state index contributed by atoms with van der Waals surface area (Å²) >= 11 is 0. The molecule has 0 aromatic heterocycles. The van der Waals surface area contributed by atoms with E-state index in [1.807, 2.05) is 67.6 Å². The summed E-state index contributed by atoms with van der Waals surface area (Å²) in [6.07, 6.45) is 6.53. The lowest BCUT2D eigenvalue weighted by molar-refractivity contribution is -0.120. The third kappa shape index (κ3) is 6.84. The lowest BCUT2D eigenvalue weighted by atomic mass is 10.0. The standard InChI is InChI=1S/C27H32N2O3/c1-3-5-6-9-17-32-25-16-15-21(18-26(25)31-4-2)20-28-29-27(30)19-23-13-10-12-22-11-7-8-14-24(22)23/h7-8,10-16,18,20H,3-6,9,17,19H2,1-2H3,(H,29,30). The molecule has 0 fully saturated rings. The van der Waals surface area contributed by atoms with Crippen LogP contribution >= 0.6 is 0 Å². The lowest BCUT2D eigenvalue weighted by Gasteiger charge is -2.12. The molecular formula is C27H32N2O3. The second-order valence-corrected chi connectivity index (χ2v) is 7.66. The van der Waals surface area contributed by atoms with E-state index in [1.54, 1.807) is 6.21 Å². The minimum atomic E-state index is -0.158. The second-order valence-electron chi connectivity index (χ2n) is 7.66. The number of rotatable bonds is 12. The molecule has 3 rings (SSSR count). The van der Waals surface area contributed by atoms with Gasteiger partial charge in [-0.25, -0.2) is 5.43 Å². The fraction of sp³-hybridized carbons (Fsp3) is 0.333. The van der Waals surface area contributed by atoms with Gasteiger partial charge in [0.1, 0.15) is 0 Å². The zero-order chi connectivity index (χ0) is 22.6. The van der Waals surface area contributed by atoms with E-state index in [1.165, 1.54) is 19.3 Å². The maximum absolute atomic E-state index is 12.4. The van der Waals surface area contributed by atoms with Crippen molar-refractivity contribution in [2.75, 3.05) is 13.2 Å². The van der Waals surface area contributed by atoms with E-state index in [4.69, 9.17) is 9.47 Å². The zero-order valence-electron chi connectivity index (χ0n) is 19.0. The van der Waals surface area contributed by atoms with Gasteiger partial charge in [-0.05, 0) is 53.4 Å². The first kappa shape index (κ1) is 23.3. The van der Waals surface area contributed by atoms with Crippen molar-refractivity contribution in [3.05, 3.63) is 71.8 Å². The number of ether oxygens (including phenoxy) is 2. The number of amides is 1. The Balaban J connectivity index is 1.57. The molecule has 0 aliphatic rings. The Morgan fingerprint density at radius 3 is 2.62 bits per heavy atom. The van der Waals surface area contributed by atoms with Gasteiger partial charge in [0.05, 0.1) is 25.8 Å². The van der Waals surface area contributed by atoms with Crippen LogP contribution in [0.4, 0.5) is 0 Å². The Morgan fingerprint density at radius 2 is 1.78 bits per heavy atom. The first-order chi connectivity index (χ1) is 15.7. The van der Waals surface area contributed by atoms with Gasteiger partial charge in [-0.15, -0.1) is 0 Å². The van der Waals surface area contributed by atoms with Crippen molar-refractivity contribution in [1.82, 2.24) is 5.43 Å². The minimum absolute atomic E-state index is 0.158. The van der Waals surface area contributed by atoms with Crippen molar-refractivity contribution in [1.29, 1.82) is 0 Å². The third-order valence-corrected chi connectivity index (χ3v) is 5.16. The normalized spacial score (nSPS) is 11.1. The molecule has 0 aliphatic carbocycles. The number of nitrogens with one attached hydrogen (secondary N) is 1. The molecule has 0 heterocycles. The Kier molecular flexibility index (Phi) is 9.11. The number of hydrogen-bond acceptors (Lipinski definition) is 4. The van der Waals surface area contributed by atoms with Gasteiger partial charge in [0.2, 0.25) is 5.91 Å². The van der Waals surface area contributed by atoms with Crippen LogP contribution in [0.2, 0.25) is 0 Å². The summed E-state index contributed by atoms with van der Waals surface area (Å²) < 4.78 is 11.6. The fourth-order valence-corrected chi connectivity index (χ4v) is 3.54. The number of hydrazone groups is 1. The van der Waals surface area contributed by atoms with Gasteiger partial charge in [-0.3, -0.25) is 4.79 Å². The number of fused-ring (bicyclic) bond motifs is 1. The van der Waals surface area contributed by atoms with E-state index in [0.29, 0.717) is 19.0 Å². The predicted octanol–water partition coefficient (Wildman–Crippen LogP) is 5.89. The Labute approximate surface area is 190 Å². The maximum atomic E-state index is 12.4. The summed E-state index contributed by atoms with van der Waals surface area (Å²) in [6, 6.07) is 19.7. The molecule has 0 spiro atoms. The Morgan fingerprint density at radius 1 is 0.938 bits per heavy atom. The Bertz CT molecular complexity index is 1040. The minimum Gasteiger partial charge on any atom is -0.490 e. The first-order valence-corrected chi connectivity index (χ1v) is 11.4. The fourth-order valence-electron chi connectivity index (χ4n) is 3.54. The van der Waals surface area contributed by atoms with Crippen molar-refractivity contribution in [2.45, 2.75) is 46.0 Å². The highest BCUT2D eigenvalue weighted by atomic mass is 16.5.